The van der Waals surface area contributed by atoms with Crippen molar-refractivity contribution < 1.29 is 0 Å². The van der Waals surface area contributed by atoms with Crippen LogP contribution in [0.4, 0.5) is 0 Å². The van der Waals surface area contributed by atoms with Gasteiger partial charge in [0.2, 0.25) is 0 Å². The second kappa shape index (κ2) is 3.14. The van der Waals surface area contributed by atoms with Crippen LogP contribution >= 0.6 is 0 Å². The molecule has 1 aliphatic rings. The van der Waals surface area contributed by atoms with Crippen LogP contribution in [0.15, 0.2) is 0 Å². The predicted molar refractivity (Wildman–Crippen MR) is 49.6 cm³/mol. The quantitative estimate of drug-likeness (QED) is 0.645. The summed E-state index contributed by atoms with van der Waals surface area (Å²) in [6.45, 7) is 11.9. The summed E-state index contributed by atoms with van der Waals surface area (Å²) in [5, 5.41) is 3.43. The van der Waals surface area contributed by atoms with Gasteiger partial charge in [-0.1, -0.05) is 27.7 Å². The molecule has 0 aromatic rings. The molecule has 1 heterocycles. The van der Waals surface area contributed by atoms with Crippen LogP contribution in [0.2, 0.25) is 0 Å². The fraction of sp³-hybridized carbons (Fsp3) is 1.00. The second-order valence-corrected chi connectivity index (χ2v) is 4.67. The van der Waals surface area contributed by atoms with Crippen LogP contribution in [0.1, 0.15) is 34.1 Å². The Labute approximate surface area is 70.6 Å². The standard InChI is InChI=1S/C10H21N/c1-8(2)10(3,4)9-5-6-11-7-9/h8-9,11H,5-7H2,1-4H3. The Hall–Kier alpha value is -0.0400. The highest BCUT2D eigenvalue weighted by atomic mass is 14.9. The van der Waals surface area contributed by atoms with Crippen LogP contribution in [0.25, 0.3) is 0 Å². The summed E-state index contributed by atoms with van der Waals surface area (Å²) in [4.78, 5) is 0. The highest BCUT2D eigenvalue weighted by Crippen LogP contribution is 2.37. The molecule has 0 aromatic carbocycles. The molecule has 1 fully saturated rings. The Morgan fingerprint density at radius 3 is 2.36 bits per heavy atom. The van der Waals surface area contributed by atoms with E-state index < -0.39 is 0 Å². The third-order valence-corrected chi connectivity index (χ3v) is 3.60. The Bertz CT molecular complexity index is 121. The van der Waals surface area contributed by atoms with Gasteiger partial charge in [0.25, 0.3) is 0 Å². The first-order valence-electron chi connectivity index (χ1n) is 4.76. The van der Waals surface area contributed by atoms with Crippen molar-refractivity contribution in [1.82, 2.24) is 5.32 Å². The highest BCUT2D eigenvalue weighted by Gasteiger charge is 2.33. The molecule has 1 atom stereocenters. The van der Waals surface area contributed by atoms with Crippen molar-refractivity contribution in [1.29, 1.82) is 0 Å². The average Bonchev–Trinajstić information content (AvgIpc) is 2.37. The predicted octanol–water partition coefficient (Wildman–Crippen LogP) is 2.28. The molecule has 1 N–H and O–H groups in total. The van der Waals surface area contributed by atoms with Crippen LogP contribution < -0.4 is 5.32 Å². The Morgan fingerprint density at radius 1 is 1.36 bits per heavy atom. The van der Waals surface area contributed by atoms with Crippen molar-refractivity contribution in [2.45, 2.75) is 34.1 Å². The van der Waals surface area contributed by atoms with Crippen LogP contribution in [-0.4, -0.2) is 13.1 Å². The monoisotopic (exact) mass is 155 g/mol. The first kappa shape index (κ1) is 9.05. The first-order chi connectivity index (χ1) is 5.05. The molecular formula is C10H21N. The maximum absolute atomic E-state index is 3.43. The molecule has 1 nitrogen and oxygen atoms in total. The second-order valence-electron chi connectivity index (χ2n) is 4.67. The zero-order valence-corrected chi connectivity index (χ0v) is 8.28. The van der Waals surface area contributed by atoms with Gasteiger partial charge in [-0.05, 0) is 36.8 Å². The van der Waals surface area contributed by atoms with Crippen molar-refractivity contribution in [2.75, 3.05) is 13.1 Å². The van der Waals surface area contributed by atoms with E-state index in [0.29, 0.717) is 5.41 Å². The molecule has 0 spiro atoms. The third kappa shape index (κ3) is 1.76. The zero-order chi connectivity index (χ0) is 8.48. The summed E-state index contributed by atoms with van der Waals surface area (Å²) in [6.07, 6.45) is 1.37. The van der Waals surface area contributed by atoms with Crippen LogP contribution in [-0.2, 0) is 0 Å². The minimum Gasteiger partial charge on any atom is -0.316 e. The topological polar surface area (TPSA) is 12.0 Å². The van der Waals surface area contributed by atoms with E-state index in [2.05, 4.69) is 33.0 Å². The molecule has 0 aliphatic carbocycles. The molecule has 0 aromatic heterocycles. The van der Waals surface area contributed by atoms with Gasteiger partial charge in [0.05, 0.1) is 0 Å². The smallest absolute Gasteiger partial charge is 0.00148 e. The largest absolute Gasteiger partial charge is 0.316 e. The summed E-state index contributed by atoms with van der Waals surface area (Å²) >= 11 is 0. The lowest BCUT2D eigenvalue weighted by atomic mass is 9.70. The van der Waals surface area contributed by atoms with Crippen LogP contribution in [0.3, 0.4) is 0 Å². The molecule has 1 rings (SSSR count). The molecule has 11 heavy (non-hydrogen) atoms. The molecule has 1 unspecified atom stereocenters. The fourth-order valence-electron chi connectivity index (χ4n) is 1.76. The van der Waals surface area contributed by atoms with E-state index in [-0.39, 0.29) is 0 Å². The Kier molecular flexibility index (Phi) is 2.58. The maximum Gasteiger partial charge on any atom is -0.00148 e. The maximum atomic E-state index is 3.43. The zero-order valence-electron chi connectivity index (χ0n) is 8.28. The van der Waals surface area contributed by atoms with Crippen LogP contribution in [0, 0.1) is 17.3 Å². The minimum absolute atomic E-state index is 0.517. The molecule has 0 saturated carbocycles. The Morgan fingerprint density at radius 2 is 2.00 bits per heavy atom. The van der Waals surface area contributed by atoms with E-state index in [1.165, 1.54) is 19.5 Å². The van der Waals surface area contributed by atoms with Gasteiger partial charge >= 0.3 is 0 Å². The molecule has 1 heteroatoms. The molecule has 1 aliphatic heterocycles. The highest BCUT2D eigenvalue weighted by molar-refractivity contribution is 4.86. The molecule has 0 radical (unpaired) electrons. The first-order valence-corrected chi connectivity index (χ1v) is 4.76. The van der Waals surface area contributed by atoms with Gasteiger partial charge in [-0.2, -0.15) is 0 Å². The number of nitrogens with one attached hydrogen (secondary N) is 1. The van der Waals surface area contributed by atoms with Crippen molar-refractivity contribution in [3.63, 3.8) is 0 Å². The fourth-order valence-corrected chi connectivity index (χ4v) is 1.76. The van der Waals surface area contributed by atoms with E-state index in [1.54, 1.807) is 0 Å². The van der Waals surface area contributed by atoms with Crippen molar-refractivity contribution in [3.8, 4) is 0 Å². The molecule has 1 saturated heterocycles. The lowest BCUT2D eigenvalue weighted by molar-refractivity contribution is 0.151. The summed E-state index contributed by atoms with van der Waals surface area (Å²) in [5.74, 6) is 1.69. The normalized spacial score (nSPS) is 26.5. The number of hydrogen-bond donors (Lipinski definition) is 1. The molecular weight excluding hydrogens is 134 g/mol. The summed E-state index contributed by atoms with van der Waals surface area (Å²) in [6, 6.07) is 0. The SMILES string of the molecule is CC(C)C(C)(C)C1CCNC1. The van der Waals surface area contributed by atoms with Crippen molar-refractivity contribution in [2.24, 2.45) is 17.3 Å². The summed E-state index contributed by atoms with van der Waals surface area (Å²) in [7, 11) is 0. The summed E-state index contributed by atoms with van der Waals surface area (Å²) in [5.41, 5.74) is 0.517. The summed E-state index contributed by atoms with van der Waals surface area (Å²) < 4.78 is 0. The van der Waals surface area contributed by atoms with Crippen LogP contribution in [0.5, 0.6) is 0 Å². The van der Waals surface area contributed by atoms with Gasteiger partial charge in [0.15, 0.2) is 0 Å². The molecule has 0 bridgehead atoms. The average molecular weight is 155 g/mol. The van der Waals surface area contributed by atoms with E-state index in [4.69, 9.17) is 0 Å². The van der Waals surface area contributed by atoms with Crippen molar-refractivity contribution >= 4 is 0 Å². The van der Waals surface area contributed by atoms with E-state index in [1.807, 2.05) is 0 Å². The van der Waals surface area contributed by atoms with Gasteiger partial charge in [-0.15, -0.1) is 0 Å². The van der Waals surface area contributed by atoms with E-state index >= 15 is 0 Å². The van der Waals surface area contributed by atoms with Gasteiger partial charge < -0.3 is 5.32 Å². The lowest BCUT2D eigenvalue weighted by Crippen LogP contribution is -2.31. The molecule has 66 valence electrons. The number of rotatable bonds is 2. The van der Waals surface area contributed by atoms with Gasteiger partial charge in [0, 0.05) is 0 Å². The van der Waals surface area contributed by atoms with Crippen molar-refractivity contribution in [3.05, 3.63) is 0 Å². The molecule has 0 amide bonds. The minimum atomic E-state index is 0.517. The van der Waals surface area contributed by atoms with E-state index in [0.717, 1.165) is 11.8 Å². The van der Waals surface area contributed by atoms with E-state index in [9.17, 15) is 0 Å². The van der Waals surface area contributed by atoms with Gasteiger partial charge in [-0.3, -0.25) is 0 Å². The third-order valence-electron chi connectivity index (χ3n) is 3.60. The van der Waals surface area contributed by atoms with Gasteiger partial charge in [0.1, 0.15) is 0 Å². The number of hydrogen-bond acceptors (Lipinski definition) is 1. The van der Waals surface area contributed by atoms with Gasteiger partial charge in [-0.25, -0.2) is 0 Å². The Balaban J connectivity index is 2.55. The lowest BCUT2D eigenvalue weighted by Gasteiger charge is -2.35.